The van der Waals surface area contributed by atoms with Gasteiger partial charge in [0, 0.05) is 37.7 Å². The lowest BCUT2D eigenvalue weighted by atomic mass is 9.58. The van der Waals surface area contributed by atoms with E-state index in [4.69, 9.17) is 28.4 Å². The smallest absolute Gasteiger partial charge is 0.311 e. The first-order chi connectivity index (χ1) is 22.5. The molecule has 3 saturated carbocycles. The fourth-order valence-corrected chi connectivity index (χ4v) is 10.8. The van der Waals surface area contributed by atoms with Crippen LogP contribution in [-0.2, 0) is 33.2 Å². The van der Waals surface area contributed by atoms with Gasteiger partial charge in [0.1, 0.15) is 11.2 Å². The minimum Gasteiger partial charge on any atom is -0.432 e. The summed E-state index contributed by atoms with van der Waals surface area (Å²) in [4.78, 5) is 12.0. The molecule has 0 aromatic rings. The summed E-state index contributed by atoms with van der Waals surface area (Å²) in [5.74, 6) is -2.59. The number of hydrogen-bond donors (Lipinski definition) is 4. The molecule has 0 aromatic heterocycles. The van der Waals surface area contributed by atoms with Crippen molar-refractivity contribution in [2.45, 2.75) is 172 Å². The Hall–Kier alpha value is -0.890. The molecule has 4 heterocycles. The van der Waals surface area contributed by atoms with Gasteiger partial charge in [-0.25, -0.2) is 0 Å². The molecule has 276 valence electrons. The van der Waals surface area contributed by atoms with Gasteiger partial charge in [0.2, 0.25) is 6.29 Å². The number of carbonyl (C=O) groups excluding carboxylic acids is 1. The molecule has 0 spiro atoms. The van der Waals surface area contributed by atoms with E-state index in [0.717, 1.165) is 57.8 Å². The second-order valence-corrected chi connectivity index (χ2v) is 17.0. The number of carbonyl (C=O) groups is 1. The Labute approximate surface area is 286 Å². The summed E-state index contributed by atoms with van der Waals surface area (Å²) in [5.41, 5.74) is -2.25. The Morgan fingerprint density at radius 1 is 0.667 bits per heavy atom. The fraction of sp³-hybridized carbons (Fsp3) is 0.973. The number of rotatable bonds is 3. The van der Waals surface area contributed by atoms with Gasteiger partial charge in [0.25, 0.3) is 0 Å². The lowest BCUT2D eigenvalue weighted by molar-refractivity contribution is -0.414. The maximum Gasteiger partial charge on any atom is 0.311 e. The van der Waals surface area contributed by atoms with Crippen LogP contribution in [0.15, 0.2) is 0 Å². The summed E-state index contributed by atoms with van der Waals surface area (Å²) in [7, 11) is 1.75. The van der Waals surface area contributed by atoms with E-state index in [1.165, 1.54) is 0 Å². The number of ether oxygens (including phenoxy) is 6. The van der Waals surface area contributed by atoms with Crippen LogP contribution in [0.5, 0.6) is 0 Å². The Balaban J connectivity index is 0.000000177. The van der Waals surface area contributed by atoms with E-state index < -0.39 is 41.6 Å². The van der Waals surface area contributed by atoms with Crippen LogP contribution in [0.4, 0.5) is 0 Å². The average Bonchev–Trinajstić information content (AvgIpc) is 3.19. The standard InChI is InChI=1S/C22H38O6.C15H24O5/c1-13-9-10-16-14(2)19(26-18-8-6-5-7-17(18)25-4)27-20-22(16,24)15(13)11-12-21(3,23)28-20;1-8-4-5-11-9(2)12(16)19-13-15(11,18)10(8)6-7-14(3,17)20-13/h13-20,23-24H,5-12H2,1-4H3;8-11,13,17-18H,4-7H2,1-3H3/t13-,14-,15?,16?,17?,18?,19?,20-,21+,22-;8-,9-,10?,11?,13-,14+,15-/m11/s1. The molecule has 11 nitrogen and oxygen atoms in total. The molecule has 11 heteroatoms. The molecular weight excluding hydrogens is 620 g/mol. The van der Waals surface area contributed by atoms with E-state index in [1.54, 1.807) is 21.0 Å². The van der Waals surface area contributed by atoms with Gasteiger partial charge < -0.3 is 48.8 Å². The summed E-state index contributed by atoms with van der Waals surface area (Å²) in [6.07, 6.45) is 8.14. The molecule has 0 radical (unpaired) electrons. The third kappa shape index (κ3) is 6.51. The van der Waals surface area contributed by atoms with E-state index in [-0.39, 0.29) is 53.7 Å². The van der Waals surface area contributed by atoms with Crippen LogP contribution in [0.2, 0.25) is 0 Å². The molecule has 7 fully saturated rings. The number of esters is 1. The van der Waals surface area contributed by atoms with E-state index in [1.807, 2.05) is 6.92 Å². The highest BCUT2D eigenvalue weighted by molar-refractivity contribution is 5.74. The van der Waals surface area contributed by atoms with Crippen molar-refractivity contribution in [3.8, 4) is 0 Å². The number of methoxy groups -OCH3 is 1. The molecule has 0 amide bonds. The van der Waals surface area contributed by atoms with Gasteiger partial charge in [0.05, 0.1) is 18.1 Å². The Morgan fingerprint density at radius 3 is 1.77 bits per heavy atom. The molecule has 0 aromatic carbocycles. The fourth-order valence-electron chi connectivity index (χ4n) is 10.8. The lowest BCUT2D eigenvalue weighted by Crippen LogP contribution is -2.67. The van der Waals surface area contributed by atoms with Gasteiger partial charge in [-0.15, -0.1) is 0 Å². The molecule has 3 aliphatic carbocycles. The minimum absolute atomic E-state index is 0.00184. The predicted octanol–water partition coefficient (Wildman–Crippen LogP) is 4.61. The SMILES string of the molecule is COC1CCCCC1OC1O[C@@H]2O[C@](C)(O)CCC3[C@H](C)CCC([C@H]1C)[C@]32O.C[C@@H]1CCC2[C@@H](C)C(=O)O[C@@H]3O[C@](C)(O)CCC1[C@@]23O. The van der Waals surface area contributed by atoms with Gasteiger partial charge in [-0.2, -0.15) is 0 Å². The monoisotopic (exact) mass is 682 g/mol. The number of aliphatic hydroxyl groups is 4. The zero-order valence-electron chi connectivity index (χ0n) is 30.1. The van der Waals surface area contributed by atoms with Crippen molar-refractivity contribution in [2.24, 2.45) is 47.3 Å². The molecule has 4 aliphatic heterocycles. The average molecular weight is 683 g/mol. The first-order valence-corrected chi connectivity index (χ1v) is 18.8. The molecular formula is C37H62O11. The molecule has 17 atom stereocenters. The predicted molar refractivity (Wildman–Crippen MR) is 174 cm³/mol. The van der Waals surface area contributed by atoms with Crippen LogP contribution in [-0.4, -0.2) is 87.4 Å². The van der Waals surface area contributed by atoms with Crippen molar-refractivity contribution in [1.82, 2.24) is 0 Å². The molecule has 7 rings (SSSR count). The summed E-state index contributed by atoms with van der Waals surface area (Å²) in [6, 6.07) is 0. The van der Waals surface area contributed by atoms with E-state index in [2.05, 4.69) is 20.8 Å². The zero-order chi connectivity index (χ0) is 34.8. The molecule has 7 unspecified atom stereocenters. The van der Waals surface area contributed by atoms with Crippen molar-refractivity contribution in [1.29, 1.82) is 0 Å². The second-order valence-electron chi connectivity index (χ2n) is 17.0. The van der Waals surface area contributed by atoms with Crippen molar-refractivity contribution < 1.29 is 53.6 Å². The normalized spacial score (nSPS) is 55.1. The molecule has 7 aliphatic rings. The van der Waals surface area contributed by atoms with Gasteiger partial charge in [-0.3, -0.25) is 4.79 Å². The van der Waals surface area contributed by atoms with Crippen LogP contribution < -0.4 is 0 Å². The van der Waals surface area contributed by atoms with Gasteiger partial charge >= 0.3 is 5.97 Å². The second kappa shape index (κ2) is 13.6. The third-order valence-electron chi connectivity index (χ3n) is 13.7. The Morgan fingerprint density at radius 2 is 1.19 bits per heavy atom. The lowest BCUT2D eigenvalue weighted by Gasteiger charge is -2.57. The van der Waals surface area contributed by atoms with Crippen molar-refractivity contribution >= 4 is 5.97 Å². The summed E-state index contributed by atoms with van der Waals surface area (Å²) >= 11 is 0. The minimum atomic E-state index is -1.36. The molecule has 48 heavy (non-hydrogen) atoms. The largest absolute Gasteiger partial charge is 0.432 e. The summed E-state index contributed by atoms with van der Waals surface area (Å²) in [5, 5.41) is 44.2. The number of hydrogen-bond acceptors (Lipinski definition) is 11. The van der Waals surface area contributed by atoms with Crippen LogP contribution in [0.1, 0.15) is 119 Å². The summed E-state index contributed by atoms with van der Waals surface area (Å²) < 4.78 is 35.3. The van der Waals surface area contributed by atoms with Crippen molar-refractivity contribution in [2.75, 3.05) is 7.11 Å². The van der Waals surface area contributed by atoms with Gasteiger partial charge in [0.15, 0.2) is 24.2 Å². The van der Waals surface area contributed by atoms with E-state index in [9.17, 15) is 25.2 Å². The van der Waals surface area contributed by atoms with Crippen molar-refractivity contribution in [3.63, 3.8) is 0 Å². The zero-order valence-corrected chi connectivity index (χ0v) is 30.1. The third-order valence-corrected chi connectivity index (χ3v) is 13.7. The quantitative estimate of drug-likeness (QED) is 0.309. The van der Waals surface area contributed by atoms with E-state index in [0.29, 0.717) is 31.1 Å². The topological polar surface area (TPSA) is 153 Å². The van der Waals surface area contributed by atoms with Crippen LogP contribution >= 0.6 is 0 Å². The maximum atomic E-state index is 12.0. The molecule has 4 saturated heterocycles. The van der Waals surface area contributed by atoms with Gasteiger partial charge in [-0.05, 0) is 88.9 Å². The Bertz CT molecular complexity index is 1150. The first-order valence-electron chi connectivity index (χ1n) is 18.8. The highest BCUT2D eigenvalue weighted by Gasteiger charge is 2.65. The van der Waals surface area contributed by atoms with Crippen molar-refractivity contribution in [3.05, 3.63) is 0 Å². The van der Waals surface area contributed by atoms with Gasteiger partial charge in [-0.1, -0.05) is 40.5 Å². The van der Waals surface area contributed by atoms with Crippen LogP contribution in [0, 0.1) is 47.3 Å². The van der Waals surface area contributed by atoms with Crippen LogP contribution in [0.25, 0.3) is 0 Å². The molecule has 0 bridgehead atoms. The van der Waals surface area contributed by atoms with E-state index >= 15 is 0 Å². The van der Waals surface area contributed by atoms with Crippen LogP contribution in [0.3, 0.4) is 0 Å². The summed E-state index contributed by atoms with van der Waals surface area (Å²) in [6.45, 7) is 11.5. The highest BCUT2D eigenvalue weighted by atomic mass is 16.8. The molecule has 4 N–H and O–H groups in total. The first kappa shape index (κ1) is 36.9. The highest BCUT2D eigenvalue weighted by Crippen LogP contribution is 2.57. The maximum absolute atomic E-state index is 12.0. The Kier molecular flexibility index (Phi) is 10.4.